The highest BCUT2D eigenvalue weighted by Crippen LogP contribution is 2.25. The number of rotatable bonds is 4. The highest BCUT2D eigenvalue weighted by Gasteiger charge is 2.43. The van der Waals surface area contributed by atoms with Crippen molar-refractivity contribution in [2.45, 2.75) is 12.2 Å². The molecule has 1 aliphatic heterocycles. The predicted octanol–water partition coefficient (Wildman–Crippen LogP) is 0.534. The Morgan fingerprint density at radius 3 is 2.76 bits per heavy atom. The molecule has 1 aliphatic rings. The number of aryl methyl sites for hydroxylation is 1. The highest BCUT2D eigenvalue weighted by molar-refractivity contribution is 5.97. The van der Waals surface area contributed by atoms with Crippen molar-refractivity contribution in [3.8, 4) is 0 Å². The summed E-state index contributed by atoms with van der Waals surface area (Å²) in [7, 11) is 1.72. The lowest BCUT2D eigenvalue weighted by atomic mass is 10.1. The minimum absolute atomic E-state index is 0.259. The average molecular weight is 356 g/mol. The van der Waals surface area contributed by atoms with E-state index in [9.17, 15) is 18.0 Å². The molecule has 3 rings (SSSR count). The van der Waals surface area contributed by atoms with Crippen LogP contribution in [-0.2, 0) is 7.05 Å². The van der Waals surface area contributed by atoms with Crippen molar-refractivity contribution in [2.75, 3.05) is 32.7 Å². The smallest absolute Gasteiger partial charge is 0.350 e. The van der Waals surface area contributed by atoms with Gasteiger partial charge in [0.2, 0.25) is 0 Å². The number of nitrogens with one attached hydrogen (secondary N) is 2. The van der Waals surface area contributed by atoms with Crippen LogP contribution < -0.4 is 10.6 Å². The van der Waals surface area contributed by atoms with Gasteiger partial charge in [-0.15, -0.1) is 5.10 Å². The van der Waals surface area contributed by atoms with E-state index < -0.39 is 24.7 Å². The first-order valence-corrected chi connectivity index (χ1v) is 7.95. The monoisotopic (exact) mass is 356 g/mol. The van der Waals surface area contributed by atoms with Crippen molar-refractivity contribution in [1.82, 2.24) is 30.5 Å². The molecule has 25 heavy (non-hydrogen) atoms. The number of hydrogen-bond donors (Lipinski definition) is 2. The van der Waals surface area contributed by atoms with Crippen LogP contribution in [0.1, 0.15) is 10.4 Å². The SMILES string of the molecule is Cn1nnc2cc(C(=O)NCC(N3CCNCC3)C(F)(F)F)ccc21. The molecular weight excluding hydrogens is 337 g/mol. The molecular formula is C15H19F3N6O. The summed E-state index contributed by atoms with van der Waals surface area (Å²) in [4.78, 5) is 13.6. The summed E-state index contributed by atoms with van der Waals surface area (Å²) in [6.07, 6.45) is -4.40. The van der Waals surface area contributed by atoms with Crippen molar-refractivity contribution >= 4 is 16.9 Å². The molecule has 7 nitrogen and oxygen atoms in total. The topological polar surface area (TPSA) is 75.1 Å². The van der Waals surface area contributed by atoms with Crippen LogP contribution in [-0.4, -0.2) is 70.7 Å². The molecule has 1 unspecified atom stereocenters. The van der Waals surface area contributed by atoms with Crippen molar-refractivity contribution in [1.29, 1.82) is 0 Å². The van der Waals surface area contributed by atoms with E-state index in [1.54, 1.807) is 23.9 Å². The number of halogens is 3. The fraction of sp³-hybridized carbons (Fsp3) is 0.533. The van der Waals surface area contributed by atoms with Gasteiger partial charge in [-0.1, -0.05) is 5.21 Å². The summed E-state index contributed by atoms with van der Waals surface area (Å²) in [6.45, 7) is 1.12. The van der Waals surface area contributed by atoms with E-state index in [0.717, 1.165) is 5.52 Å². The van der Waals surface area contributed by atoms with Crippen molar-refractivity contribution < 1.29 is 18.0 Å². The van der Waals surface area contributed by atoms with E-state index in [-0.39, 0.29) is 5.56 Å². The van der Waals surface area contributed by atoms with Gasteiger partial charge in [0.05, 0.1) is 5.52 Å². The number of aromatic nitrogens is 3. The van der Waals surface area contributed by atoms with E-state index in [1.807, 2.05) is 0 Å². The largest absolute Gasteiger partial charge is 0.405 e. The van der Waals surface area contributed by atoms with E-state index in [0.29, 0.717) is 31.7 Å². The summed E-state index contributed by atoms with van der Waals surface area (Å²) in [5.74, 6) is -0.558. The first-order chi connectivity index (χ1) is 11.9. The molecule has 2 N–H and O–H groups in total. The Balaban J connectivity index is 1.69. The highest BCUT2D eigenvalue weighted by atomic mass is 19.4. The number of fused-ring (bicyclic) bond motifs is 1. The molecule has 2 heterocycles. The molecule has 0 aliphatic carbocycles. The van der Waals surface area contributed by atoms with Crippen LogP contribution >= 0.6 is 0 Å². The summed E-state index contributed by atoms with van der Waals surface area (Å²) >= 11 is 0. The molecule has 1 saturated heterocycles. The number of carbonyl (C=O) groups excluding carboxylic acids is 1. The van der Waals surface area contributed by atoms with E-state index in [2.05, 4.69) is 20.9 Å². The number of carbonyl (C=O) groups is 1. The molecule has 1 fully saturated rings. The number of nitrogens with zero attached hydrogens (tertiary/aromatic N) is 4. The van der Waals surface area contributed by atoms with Crippen molar-refractivity contribution in [3.05, 3.63) is 23.8 Å². The first kappa shape index (κ1) is 17.6. The summed E-state index contributed by atoms with van der Waals surface area (Å²) < 4.78 is 41.6. The lowest BCUT2D eigenvalue weighted by Gasteiger charge is -2.35. The van der Waals surface area contributed by atoms with Crippen LogP contribution in [0.3, 0.4) is 0 Å². The van der Waals surface area contributed by atoms with Gasteiger partial charge < -0.3 is 10.6 Å². The minimum Gasteiger partial charge on any atom is -0.350 e. The van der Waals surface area contributed by atoms with Gasteiger partial charge >= 0.3 is 6.18 Å². The Kier molecular flexibility index (Phi) is 4.91. The number of amides is 1. The van der Waals surface area contributed by atoms with Gasteiger partial charge in [-0.05, 0) is 18.2 Å². The Labute approximate surface area is 142 Å². The summed E-state index contributed by atoms with van der Waals surface area (Å²) in [5.41, 5.74) is 1.52. The van der Waals surface area contributed by atoms with Crippen molar-refractivity contribution in [2.24, 2.45) is 7.05 Å². The molecule has 1 atom stereocenters. The van der Waals surface area contributed by atoms with Crippen LogP contribution in [0.4, 0.5) is 13.2 Å². The minimum atomic E-state index is -4.40. The predicted molar refractivity (Wildman–Crippen MR) is 85.1 cm³/mol. The number of hydrogen-bond acceptors (Lipinski definition) is 5. The van der Waals surface area contributed by atoms with E-state index in [4.69, 9.17) is 0 Å². The van der Waals surface area contributed by atoms with Gasteiger partial charge in [-0.2, -0.15) is 13.2 Å². The number of piperazine rings is 1. The second-order valence-electron chi connectivity index (χ2n) is 5.97. The zero-order valence-corrected chi connectivity index (χ0v) is 13.7. The first-order valence-electron chi connectivity index (χ1n) is 7.95. The molecule has 0 radical (unpaired) electrons. The molecule has 2 aromatic rings. The Morgan fingerprint density at radius 2 is 2.08 bits per heavy atom. The maximum Gasteiger partial charge on any atom is 0.405 e. The van der Waals surface area contributed by atoms with Gasteiger partial charge in [-0.25, -0.2) is 4.68 Å². The lowest BCUT2D eigenvalue weighted by molar-refractivity contribution is -0.183. The van der Waals surface area contributed by atoms with Crippen LogP contribution in [0.5, 0.6) is 0 Å². The zero-order chi connectivity index (χ0) is 18.0. The van der Waals surface area contributed by atoms with Crippen LogP contribution in [0.25, 0.3) is 11.0 Å². The Morgan fingerprint density at radius 1 is 1.36 bits per heavy atom. The quantitative estimate of drug-likeness (QED) is 0.836. The van der Waals surface area contributed by atoms with Crippen LogP contribution in [0, 0.1) is 0 Å². The molecule has 1 aromatic carbocycles. The third kappa shape index (κ3) is 3.90. The number of benzene rings is 1. The average Bonchev–Trinajstić information content (AvgIpc) is 2.95. The molecule has 1 amide bonds. The second-order valence-corrected chi connectivity index (χ2v) is 5.97. The van der Waals surface area contributed by atoms with Gasteiger partial charge in [0.1, 0.15) is 11.6 Å². The fourth-order valence-electron chi connectivity index (χ4n) is 2.92. The van der Waals surface area contributed by atoms with E-state index >= 15 is 0 Å². The fourth-order valence-corrected chi connectivity index (χ4v) is 2.92. The number of alkyl halides is 3. The molecule has 136 valence electrons. The van der Waals surface area contributed by atoms with Gasteiger partial charge in [0.25, 0.3) is 5.91 Å². The van der Waals surface area contributed by atoms with Crippen LogP contribution in [0.2, 0.25) is 0 Å². The maximum atomic E-state index is 13.3. The molecule has 10 heteroatoms. The zero-order valence-electron chi connectivity index (χ0n) is 13.7. The Bertz CT molecular complexity index is 753. The standard InChI is InChI=1S/C15H19F3N6O/c1-23-12-3-2-10(8-11(12)21-22-23)14(25)20-9-13(15(16,17)18)24-6-4-19-5-7-24/h2-3,8,13,19H,4-7,9H2,1H3,(H,20,25). The maximum absolute atomic E-state index is 13.3. The van der Waals surface area contributed by atoms with E-state index in [1.165, 1.54) is 11.0 Å². The second kappa shape index (κ2) is 6.96. The molecule has 0 bridgehead atoms. The summed E-state index contributed by atoms with van der Waals surface area (Å²) in [5, 5.41) is 13.2. The van der Waals surface area contributed by atoms with Gasteiger partial charge in [0, 0.05) is 45.3 Å². The molecule has 0 spiro atoms. The van der Waals surface area contributed by atoms with Gasteiger partial charge in [0.15, 0.2) is 0 Å². The van der Waals surface area contributed by atoms with Crippen molar-refractivity contribution in [3.63, 3.8) is 0 Å². The Hall–Kier alpha value is -2.20. The normalized spacial score (nSPS) is 17.6. The van der Waals surface area contributed by atoms with Gasteiger partial charge in [-0.3, -0.25) is 9.69 Å². The molecule has 1 aromatic heterocycles. The molecule has 0 saturated carbocycles. The lowest BCUT2D eigenvalue weighted by Crippen LogP contribution is -2.57. The third-order valence-corrected chi connectivity index (χ3v) is 4.30. The van der Waals surface area contributed by atoms with Crippen LogP contribution in [0.15, 0.2) is 18.2 Å². The third-order valence-electron chi connectivity index (χ3n) is 4.30. The summed E-state index contributed by atoms with van der Waals surface area (Å²) in [6, 6.07) is 3.04.